The standard InChI is InChI=1S/C25H38N2O6P2S/c1-4-6-12-25(5-2)16-36-23-13-20(15-27(17-34(28)29)18-35(30,31)32)22(33-3)14-21(23)24(26-25)19-10-8-7-9-11-19/h7-11,13-14,24,26,28-29H,4-6,12,15-18H2,1-3H3,(H2,30,31,32)/t24-,25-/m1/s1. The van der Waals surface area contributed by atoms with Crippen molar-refractivity contribution in [3.8, 4) is 5.75 Å². The Balaban J connectivity index is 2.06. The fraction of sp³-hybridized carbons (Fsp3) is 0.520. The third kappa shape index (κ3) is 8.00. The molecule has 0 spiro atoms. The van der Waals surface area contributed by atoms with Gasteiger partial charge in [-0.2, -0.15) is 0 Å². The number of fused-ring (bicyclic) bond motifs is 1. The van der Waals surface area contributed by atoms with Crippen LogP contribution in [0.25, 0.3) is 0 Å². The van der Waals surface area contributed by atoms with Gasteiger partial charge in [0.2, 0.25) is 0 Å². The van der Waals surface area contributed by atoms with E-state index in [1.165, 1.54) is 10.5 Å². The summed E-state index contributed by atoms with van der Waals surface area (Å²) in [6.45, 7) is 4.57. The lowest BCUT2D eigenvalue weighted by Crippen LogP contribution is -2.48. The fourth-order valence-corrected chi connectivity index (χ4v) is 7.57. The summed E-state index contributed by atoms with van der Waals surface area (Å²) in [5.41, 5.74) is 2.98. The Kier molecular flexibility index (Phi) is 10.8. The van der Waals surface area contributed by atoms with Crippen LogP contribution >= 0.6 is 27.7 Å². The van der Waals surface area contributed by atoms with E-state index in [0.29, 0.717) is 5.75 Å². The van der Waals surface area contributed by atoms with E-state index in [0.717, 1.165) is 47.5 Å². The second kappa shape index (κ2) is 13.2. The molecule has 2 aromatic carbocycles. The molecule has 0 unspecified atom stereocenters. The van der Waals surface area contributed by atoms with Crippen LogP contribution in [-0.4, -0.2) is 55.4 Å². The van der Waals surface area contributed by atoms with Crippen molar-refractivity contribution in [3.05, 3.63) is 59.2 Å². The molecule has 8 nitrogen and oxygen atoms in total. The van der Waals surface area contributed by atoms with Crippen molar-refractivity contribution in [1.29, 1.82) is 0 Å². The number of methoxy groups -OCH3 is 1. The largest absolute Gasteiger partial charge is 0.496 e. The van der Waals surface area contributed by atoms with Gasteiger partial charge >= 0.3 is 7.60 Å². The van der Waals surface area contributed by atoms with Crippen molar-refractivity contribution in [2.24, 2.45) is 0 Å². The number of nitrogens with zero attached hydrogens (tertiary/aromatic N) is 1. The van der Waals surface area contributed by atoms with Crippen molar-refractivity contribution < 1.29 is 28.9 Å². The van der Waals surface area contributed by atoms with E-state index in [4.69, 9.17) is 4.74 Å². The monoisotopic (exact) mass is 556 g/mol. The molecule has 0 amide bonds. The lowest BCUT2D eigenvalue weighted by Gasteiger charge is -2.36. The molecule has 0 saturated heterocycles. The van der Waals surface area contributed by atoms with E-state index in [2.05, 4.69) is 31.3 Å². The molecule has 0 aromatic heterocycles. The summed E-state index contributed by atoms with van der Waals surface area (Å²) in [6, 6.07) is 14.4. The Hall–Kier alpha value is -0.990. The van der Waals surface area contributed by atoms with Crippen molar-refractivity contribution in [3.63, 3.8) is 0 Å². The zero-order valence-electron chi connectivity index (χ0n) is 21.1. The first-order chi connectivity index (χ1) is 17.1. The molecule has 200 valence electrons. The third-order valence-corrected chi connectivity index (χ3v) is 9.38. The molecule has 0 saturated carbocycles. The summed E-state index contributed by atoms with van der Waals surface area (Å²) >= 11 is 1.79. The number of rotatable bonds is 12. The SMILES string of the molecule is CCCC[C@]1(CC)CSc2cc(CN(CP(O)O)CP(=O)(O)O)c(OC)cc2[C@@H](c2ccccc2)N1. The number of thioether (sulfide) groups is 1. The predicted molar refractivity (Wildman–Crippen MR) is 146 cm³/mol. The second-order valence-corrected chi connectivity index (χ2v) is 13.0. The average molecular weight is 557 g/mol. The molecular weight excluding hydrogens is 518 g/mol. The Morgan fingerprint density at radius 3 is 2.53 bits per heavy atom. The summed E-state index contributed by atoms with van der Waals surface area (Å²) in [7, 11) is -5.16. The number of unbranched alkanes of at least 4 members (excludes halogenated alkanes) is 1. The molecule has 3 rings (SSSR count). The Morgan fingerprint density at radius 1 is 1.22 bits per heavy atom. The van der Waals surface area contributed by atoms with E-state index < -0.39 is 22.3 Å². The minimum absolute atomic E-state index is 0.0371. The highest BCUT2D eigenvalue weighted by atomic mass is 32.2. The number of ether oxygens (including phenoxy) is 1. The maximum Gasteiger partial charge on any atom is 0.339 e. The minimum atomic E-state index is -4.39. The highest BCUT2D eigenvalue weighted by molar-refractivity contribution is 7.99. The molecule has 0 fully saturated rings. The molecule has 1 aliphatic rings. The Labute approximate surface area is 219 Å². The number of hydrogen-bond acceptors (Lipinski definition) is 7. The first-order valence-corrected chi connectivity index (χ1v) is 16.4. The topological polar surface area (TPSA) is 122 Å². The molecule has 0 bridgehead atoms. The Bertz CT molecular complexity index is 1040. The maximum absolute atomic E-state index is 11.7. The van der Waals surface area contributed by atoms with Crippen LogP contribution in [0.2, 0.25) is 0 Å². The zero-order valence-corrected chi connectivity index (χ0v) is 23.7. The number of nitrogens with one attached hydrogen (secondary N) is 1. The van der Waals surface area contributed by atoms with Gasteiger partial charge in [-0.25, -0.2) is 0 Å². The van der Waals surface area contributed by atoms with Crippen molar-refractivity contribution in [2.75, 3.05) is 25.4 Å². The summed E-state index contributed by atoms with van der Waals surface area (Å²) in [5.74, 6) is 1.50. The van der Waals surface area contributed by atoms with Gasteiger partial charge in [-0.15, -0.1) is 11.8 Å². The molecule has 2 aromatic rings. The third-order valence-electron chi connectivity index (χ3n) is 6.60. The summed E-state index contributed by atoms with van der Waals surface area (Å²) in [4.78, 5) is 40.6. The van der Waals surface area contributed by atoms with Crippen molar-refractivity contribution in [1.82, 2.24) is 10.2 Å². The summed E-state index contributed by atoms with van der Waals surface area (Å²) in [5, 5.41) is 4.00. The molecule has 5 N–H and O–H groups in total. The van der Waals surface area contributed by atoms with E-state index in [9.17, 15) is 24.1 Å². The van der Waals surface area contributed by atoms with E-state index >= 15 is 0 Å². The van der Waals surface area contributed by atoms with Crippen LogP contribution in [0.5, 0.6) is 5.75 Å². The van der Waals surface area contributed by atoms with Gasteiger partial charge in [-0.1, -0.05) is 57.0 Å². The van der Waals surface area contributed by atoms with Crippen molar-refractivity contribution >= 4 is 27.7 Å². The van der Waals surface area contributed by atoms with Crippen LogP contribution in [0, 0.1) is 0 Å². The van der Waals surface area contributed by atoms with Gasteiger partial charge in [0.1, 0.15) is 12.0 Å². The van der Waals surface area contributed by atoms with Crippen LogP contribution in [0.1, 0.15) is 62.3 Å². The van der Waals surface area contributed by atoms with Gasteiger partial charge in [-0.3, -0.25) is 14.8 Å². The van der Waals surface area contributed by atoms with E-state index in [-0.39, 0.29) is 24.4 Å². The van der Waals surface area contributed by atoms with Gasteiger partial charge < -0.3 is 24.3 Å². The molecule has 36 heavy (non-hydrogen) atoms. The lowest BCUT2D eigenvalue weighted by atomic mass is 9.88. The van der Waals surface area contributed by atoms with E-state index in [1.54, 1.807) is 18.9 Å². The average Bonchev–Trinajstić information content (AvgIpc) is 2.98. The van der Waals surface area contributed by atoms with Gasteiger partial charge in [-0.05, 0) is 36.1 Å². The van der Waals surface area contributed by atoms with Gasteiger partial charge in [0.15, 0.2) is 8.38 Å². The second-order valence-electron chi connectivity index (χ2n) is 9.36. The van der Waals surface area contributed by atoms with Crippen LogP contribution in [0.3, 0.4) is 0 Å². The molecule has 1 heterocycles. The molecular formula is C25H38N2O6P2S. The number of benzene rings is 2. The minimum Gasteiger partial charge on any atom is -0.496 e. The summed E-state index contributed by atoms with van der Waals surface area (Å²) in [6.07, 6.45) is 3.54. The van der Waals surface area contributed by atoms with Crippen LogP contribution < -0.4 is 10.1 Å². The molecule has 2 atom stereocenters. The summed E-state index contributed by atoms with van der Waals surface area (Å²) < 4.78 is 17.4. The van der Waals surface area contributed by atoms with Crippen LogP contribution in [0.15, 0.2) is 47.4 Å². The maximum atomic E-state index is 11.7. The predicted octanol–water partition coefficient (Wildman–Crippen LogP) is 5.01. The molecule has 0 aliphatic carbocycles. The quantitative estimate of drug-likeness (QED) is 0.230. The molecule has 11 heteroatoms. The number of hydrogen-bond donors (Lipinski definition) is 5. The van der Waals surface area contributed by atoms with Crippen molar-refractivity contribution in [2.45, 2.75) is 62.6 Å². The highest BCUT2D eigenvalue weighted by Gasteiger charge is 2.36. The smallest absolute Gasteiger partial charge is 0.339 e. The van der Waals surface area contributed by atoms with Crippen LogP contribution in [-0.2, 0) is 11.1 Å². The first-order valence-electron chi connectivity index (χ1n) is 12.2. The first kappa shape index (κ1) is 29.6. The molecule has 0 radical (unpaired) electrons. The Morgan fingerprint density at radius 2 is 1.94 bits per heavy atom. The molecule has 1 aliphatic heterocycles. The van der Waals surface area contributed by atoms with Crippen LogP contribution in [0.4, 0.5) is 0 Å². The fourth-order valence-electron chi connectivity index (χ4n) is 4.70. The normalized spacial score (nSPS) is 20.4. The highest BCUT2D eigenvalue weighted by Crippen LogP contribution is 2.44. The zero-order chi connectivity index (χ0) is 26.3. The van der Waals surface area contributed by atoms with Gasteiger partial charge in [0, 0.05) is 28.3 Å². The van der Waals surface area contributed by atoms with Gasteiger partial charge in [0.05, 0.1) is 19.4 Å². The van der Waals surface area contributed by atoms with Gasteiger partial charge in [0.25, 0.3) is 0 Å². The van der Waals surface area contributed by atoms with E-state index in [1.807, 2.05) is 30.3 Å². The lowest BCUT2D eigenvalue weighted by molar-refractivity contribution is 0.284.